The number of nitrogens with zero attached hydrogens (tertiary/aromatic N) is 1. The summed E-state index contributed by atoms with van der Waals surface area (Å²) in [5.41, 5.74) is 2.20. The van der Waals surface area contributed by atoms with E-state index in [4.69, 9.17) is 4.74 Å². The van der Waals surface area contributed by atoms with E-state index < -0.39 is 10.0 Å². The van der Waals surface area contributed by atoms with Crippen LogP contribution < -0.4 is 9.46 Å². The highest BCUT2D eigenvalue weighted by molar-refractivity contribution is 7.89. The molecule has 0 saturated carbocycles. The van der Waals surface area contributed by atoms with E-state index in [1.165, 1.54) is 25.3 Å². The van der Waals surface area contributed by atoms with Crippen LogP contribution in [0.4, 0.5) is 0 Å². The summed E-state index contributed by atoms with van der Waals surface area (Å²) in [6.07, 6.45) is 1.92. The maximum absolute atomic E-state index is 12.8. The molecule has 0 radical (unpaired) electrons. The fourth-order valence-electron chi connectivity index (χ4n) is 3.18. The Morgan fingerprint density at radius 2 is 1.85 bits per heavy atom. The van der Waals surface area contributed by atoms with E-state index >= 15 is 0 Å². The van der Waals surface area contributed by atoms with Gasteiger partial charge in [0.1, 0.15) is 5.75 Å². The van der Waals surface area contributed by atoms with E-state index in [0.29, 0.717) is 18.8 Å². The third-order valence-electron chi connectivity index (χ3n) is 4.82. The second kappa shape index (κ2) is 8.10. The van der Waals surface area contributed by atoms with Crippen molar-refractivity contribution in [2.45, 2.75) is 31.2 Å². The molecule has 1 fully saturated rings. The highest BCUT2D eigenvalue weighted by Crippen LogP contribution is 2.25. The molecule has 0 aliphatic carbocycles. The first-order chi connectivity index (χ1) is 12.9. The molecule has 0 aromatic heterocycles. The van der Waals surface area contributed by atoms with Crippen LogP contribution in [-0.2, 0) is 16.6 Å². The predicted molar refractivity (Wildman–Crippen MR) is 103 cm³/mol. The first kappa shape index (κ1) is 19.4. The summed E-state index contributed by atoms with van der Waals surface area (Å²) in [5, 5.41) is 0. The number of carbonyl (C=O) groups is 1. The Balaban J connectivity index is 1.85. The quantitative estimate of drug-likeness (QED) is 0.826. The molecule has 1 heterocycles. The summed E-state index contributed by atoms with van der Waals surface area (Å²) in [7, 11) is -2.28. The van der Waals surface area contributed by atoms with Crippen molar-refractivity contribution in [3.8, 4) is 5.75 Å². The van der Waals surface area contributed by atoms with Gasteiger partial charge in [-0.05, 0) is 49.1 Å². The minimum Gasteiger partial charge on any atom is -0.496 e. The van der Waals surface area contributed by atoms with Crippen LogP contribution in [0.5, 0.6) is 5.75 Å². The van der Waals surface area contributed by atoms with Gasteiger partial charge in [-0.3, -0.25) is 4.79 Å². The number of nitrogens with one attached hydrogen (secondary N) is 1. The molecule has 1 N–H and O–H groups in total. The molecule has 0 unspecified atom stereocenters. The Kier molecular flexibility index (Phi) is 5.82. The largest absolute Gasteiger partial charge is 0.496 e. The molecular formula is C20H24N2O4S. The molecule has 2 aromatic rings. The van der Waals surface area contributed by atoms with Gasteiger partial charge < -0.3 is 9.64 Å². The van der Waals surface area contributed by atoms with E-state index in [1.807, 2.05) is 31.2 Å². The van der Waals surface area contributed by atoms with Crippen LogP contribution in [0.1, 0.15) is 34.3 Å². The van der Waals surface area contributed by atoms with Crippen LogP contribution in [0.2, 0.25) is 0 Å². The molecule has 144 valence electrons. The van der Waals surface area contributed by atoms with Crippen LogP contribution in [0.3, 0.4) is 0 Å². The van der Waals surface area contributed by atoms with E-state index in [0.717, 1.165) is 24.0 Å². The van der Waals surface area contributed by atoms with Crippen LogP contribution >= 0.6 is 0 Å². The molecule has 3 rings (SSSR count). The Hall–Kier alpha value is -2.38. The third-order valence-corrected chi connectivity index (χ3v) is 6.22. The fourth-order valence-corrected chi connectivity index (χ4v) is 4.21. The molecule has 1 amide bonds. The molecule has 27 heavy (non-hydrogen) atoms. The number of rotatable bonds is 6. The third kappa shape index (κ3) is 4.31. The van der Waals surface area contributed by atoms with Gasteiger partial charge in [0.15, 0.2) is 0 Å². The number of amides is 1. The number of hydrogen-bond donors (Lipinski definition) is 1. The molecule has 2 aromatic carbocycles. The molecule has 0 spiro atoms. The zero-order valence-corrected chi connectivity index (χ0v) is 16.4. The smallest absolute Gasteiger partial charge is 0.257 e. The zero-order chi connectivity index (χ0) is 19.4. The van der Waals surface area contributed by atoms with Crippen LogP contribution in [0.15, 0.2) is 47.4 Å². The topological polar surface area (TPSA) is 75.7 Å². The Morgan fingerprint density at radius 3 is 2.52 bits per heavy atom. The Labute approximate surface area is 160 Å². The molecule has 7 heteroatoms. The maximum Gasteiger partial charge on any atom is 0.257 e. The van der Waals surface area contributed by atoms with Gasteiger partial charge in [-0.1, -0.05) is 24.3 Å². The lowest BCUT2D eigenvalue weighted by atomic mass is 10.1. The number of sulfonamides is 1. The highest BCUT2D eigenvalue weighted by atomic mass is 32.2. The standard InChI is InChI=1S/C20H24N2O4S/c1-15-7-3-4-8-16(15)14-21-27(24,25)17-9-10-19(26-2)18(13-17)20(23)22-11-5-6-12-22/h3-4,7-10,13,21H,5-6,11-12,14H2,1-2H3. The van der Waals surface area contributed by atoms with Crippen molar-refractivity contribution in [3.63, 3.8) is 0 Å². The van der Waals surface area contributed by atoms with Crippen molar-refractivity contribution < 1.29 is 17.9 Å². The molecule has 1 aliphatic heterocycles. The Bertz CT molecular complexity index is 935. The summed E-state index contributed by atoms with van der Waals surface area (Å²) in [5.74, 6) is 0.185. The number of benzene rings is 2. The zero-order valence-electron chi connectivity index (χ0n) is 15.6. The number of likely N-dealkylation sites (tertiary alicyclic amines) is 1. The van der Waals surface area contributed by atoms with Crippen molar-refractivity contribution >= 4 is 15.9 Å². The van der Waals surface area contributed by atoms with Gasteiger partial charge in [0.25, 0.3) is 5.91 Å². The number of carbonyl (C=O) groups excluding carboxylic acids is 1. The maximum atomic E-state index is 12.8. The first-order valence-electron chi connectivity index (χ1n) is 8.94. The van der Waals surface area contributed by atoms with Gasteiger partial charge in [0.2, 0.25) is 10.0 Å². The van der Waals surface area contributed by atoms with Gasteiger partial charge >= 0.3 is 0 Å². The van der Waals surface area contributed by atoms with Crippen molar-refractivity contribution in [3.05, 3.63) is 59.2 Å². The SMILES string of the molecule is COc1ccc(S(=O)(=O)NCc2ccccc2C)cc1C(=O)N1CCCC1. The minimum atomic E-state index is -3.76. The highest BCUT2D eigenvalue weighted by Gasteiger charge is 2.25. The second-order valence-corrected chi connectivity index (χ2v) is 8.38. The Morgan fingerprint density at radius 1 is 1.15 bits per heavy atom. The van der Waals surface area contributed by atoms with Gasteiger partial charge in [-0.2, -0.15) is 0 Å². The summed E-state index contributed by atoms with van der Waals surface area (Å²) < 4.78 is 33.4. The lowest BCUT2D eigenvalue weighted by Gasteiger charge is -2.18. The molecular weight excluding hydrogens is 364 g/mol. The van der Waals surface area contributed by atoms with Gasteiger partial charge in [0.05, 0.1) is 17.6 Å². The summed E-state index contributed by atoms with van der Waals surface area (Å²) in [6.45, 7) is 3.50. The number of ether oxygens (including phenoxy) is 1. The monoisotopic (exact) mass is 388 g/mol. The summed E-state index contributed by atoms with van der Waals surface area (Å²) in [4.78, 5) is 14.5. The summed E-state index contributed by atoms with van der Waals surface area (Å²) >= 11 is 0. The molecule has 1 aliphatic rings. The van der Waals surface area contributed by atoms with E-state index in [1.54, 1.807) is 4.90 Å². The van der Waals surface area contributed by atoms with Gasteiger partial charge in [-0.25, -0.2) is 13.1 Å². The van der Waals surface area contributed by atoms with E-state index in [2.05, 4.69) is 4.72 Å². The molecule has 6 nitrogen and oxygen atoms in total. The normalized spacial score (nSPS) is 14.4. The van der Waals surface area contributed by atoms with Crippen molar-refractivity contribution in [1.82, 2.24) is 9.62 Å². The van der Waals surface area contributed by atoms with Gasteiger partial charge in [-0.15, -0.1) is 0 Å². The molecule has 1 saturated heterocycles. The number of methoxy groups -OCH3 is 1. The van der Waals surface area contributed by atoms with Crippen molar-refractivity contribution in [2.24, 2.45) is 0 Å². The lowest BCUT2D eigenvalue weighted by Crippen LogP contribution is -2.29. The summed E-state index contributed by atoms with van der Waals surface area (Å²) in [6, 6.07) is 12.0. The van der Waals surface area contributed by atoms with Crippen molar-refractivity contribution in [2.75, 3.05) is 20.2 Å². The van der Waals surface area contributed by atoms with E-state index in [9.17, 15) is 13.2 Å². The average Bonchev–Trinajstić information content (AvgIpc) is 3.21. The minimum absolute atomic E-state index is 0.0550. The van der Waals surface area contributed by atoms with E-state index in [-0.39, 0.29) is 22.9 Å². The molecule has 0 bridgehead atoms. The van der Waals surface area contributed by atoms with Crippen molar-refractivity contribution in [1.29, 1.82) is 0 Å². The average molecular weight is 388 g/mol. The van der Waals surface area contributed by atoms with Gasteiger partial charge in [0, 0.05) is 19.6 Å². The number of aryl methyl sites for hydroxylation is 1. The lowest BCUT2D eigenvalue weighted by molar-refractivity contribution is 0.0789. The fraction of sp³-hybridized carbons (Fsp3) is 0.350. The molecule has 0 atom stereocenters. The number of hydrogen-bond acceptors (Lipinski definition) is 4. The second-order valence-electron chi connectivity index (χ2n) is 6.61. The predicted octanol–water partition coefficient (Wildman–Crippen LogP) is 2.72. The van der Waals surface area contributed by atoms with Crippen LogP contribution in [-0.4, -0.2) is 39.4 Å². The van der Waals surface area contributed by atoms with Crippen LogP contribution in [0, 0.1) is 6.92 Å². The first-order valence-corrected chi connectivity index (χ1v) is 10.4. The van der Waals surface area contributed by atoms with Crippen LogP contribution in [0.25, 0.3) is 0 Å².